The molecule has 2 unspecified atom stereocenters. The molecule has 2 heterocycles. The fraction of sp³-hybridized carbons (Fsp3) is 0.600. The van der Waals surface area contributed by atoms with Gasteiger partial charge in [-0.25, -0.2) is 9.97 Å². The van der Waals surface area contributed by atoms with Gasteiger partial charge in [0.15, 0.2) is 0 Å². The molecule has 0 spiro atoms. The Labute approximate surface area is 118 Å². The van der Waals surface area contributed by atoms with E-state index in [-0.39, 0.29) is 0 Å². The lowest BCUT2D eigenvalue weighted by atomic mass is 9.97. The van der Waals surface area contributed by atoms with Crippen molar-refractivity contribution in [2.24, 2.45) is 5.92 Å². The molecule has 102 valence electrons. The van der Waals surface area contributed by atoms with E-state index in [1.54, 1.807) is 17.7 Å². The Morgan fingerprint density at radius 1 is 1.21 bits per heavy atom. The van der Waals surface area contributed by atoms with Crippen LogP contribution in [0.2, 0.25) is 0 Å². The zero-order valence-electron chi connectivity index (χ0n) is 11.6. The van der Waals surface area contributed by atoms with Crippen LogP contribution >= 0.6 is 11.3 Å². The lowest BCUT2D eigenvalue weighted by Gasteiger charge is -2.23. The highest BCUT2D eigenvalue weighted by molar-refractivity contribution is 7.18. The molecule has 19 heavy (non-hydrogen) atoms. The highest BCUT2D eigenvalue weighted by Gasteiger charge is 2.21. The van der Waals surface area contributed by atoms with E-state index >= 15 is 0 Å². The molecule has 1 aliphatic carbocycles. The van der Waals surface area contributed by atoms with E-state index in [0.29, 0.717) is 6.04 Å². The quantitative estimate of drug-likeness (QED) is 0.826. The van der Waals surface area contributed by atoms with Crippen molar-refractivity contribution in [3.63, 3.8) is 0 Å². The largest absolute Gasteiger partial charge is 0.366 e. The molecule has 0 aliphatic heterocycles. The van der Waals surface area contributed by atoms with Gasteiger partial charge in [-0.2, -0.15) is 0 Å². The average Bonchev–Trinajstić information content (AvgIpc) is 2.67. The van der Waals surface area contributed by atoms with E-state index in [2.05, 4.69) is 34.5 Å². The molecule has 3 rings (SSSR count). The molecule has 2 aromatic heterocycles. The zero-order valence-corrected chi connectivity index (χ0v) is 12.5. The number of fused-ring (bicyclic) bond motifs is 1. The summed E-state index contributed by atoms with van der Waals surface area (Å²) in [5.74, 6) is 1.76. The van der Waals surface area contributed by atoms with Gasteiger partial charge < -0.3 is 5.32 Å². The van der Waals surface area contributed by atoms with Crippen molar-refractivity contribution in [3.05, 3.63) is 17.3 Å². The van der Waals surface area contributed by atoms with Gasteiger partial charge in [0, 0.05) is 6.04 Å². The van der Waals surface area contributed by atoms with Crippen LogP contribution in [0.3, 0.4) is 0 Å². The monoisotopic (exact) mass is 275 g/mol. The Balaban J connectivity index is 1.88. The van der Waals surface area contributed by atoms with E-state index in [4.69, 9.17) is 0 Å². The normalized spacial score (nSPS) is 24.3. The first-order valence-corrected chi connectivity index (χ1v) is 8.09. The molecule has 3 nitrogen and oxygen atoms in total. The van der Waals surface area contributed by atoms with Crippen molar-refractivity contribution in [2.75, 3.05) is 5.32 Å². The molecule has 0 aromatic carbocycles. The summed E-state index contributed by atoms with van der Waals surface area (Å²) in [6.45, 7) is 4.48. The predicted molar refractivity (Wildman–Crippen MR) is 81.8 cm³/mol. The van der Waals surface area contributed by atoms with E-state index in [0.717, 1.165) is 17.3 Å². The third kappa shape index (κ3) is 2.59. The Morgan fingerprint density at radius 2 is 2.05 bits per heavy atom. The minimum atomic E-state index is 0.558. The van der Waals surface area contributed by atoms with Crippen molar-refractivity contribution < 1.29 is 0 Å². The van der Waals surface area contributed by atoms with Crippen molar-refractivity contribution in [3.8, 4) is 0 Å². The SMILES string of the molecule is Cc1csc2c(NC3CCCCCC3C)ncnc12. The van der Waals surface area contributed by atoms with E-state index in [1.807, 2.05) is 0 Å². The standard InChI is InChI=1S/C15H21N3S/c1-10-6-4-3-5-7-12(10)18-15-14-13(16-9-17-15)11(2)8-19-14/h8-10,12H,3-7H2,1-2H3,(H,16,17,18). The number of aryl methyl sites for hydroxylation is 1. The van der Waals surface area contributed by atoms with Crippen molar-refractivity contribution in [1.29, 1.82) is 0 Å². The van der Waals surface area contributed by atoms with Crippen molar-refractivity contribution >= 4 is 27.4 Å². The minimum absolute atomic E-state index is 0.558. The highest BCUT2D eigenvalue weighted by atomic mass is 32.1. The van der Waals surface area contributed by atoms with Crippen molar-refractivity contribution in [2.45, 2.75) is 52.0 Å². The maximum atomic E-state index is 4.47. The number of rotatable bonds is 2. The molecule has 0 radical (unpaired) electrons. The van der Waals surface area contributed by atoms with Crippen LogP contribution in [0.5, 0.6) is 0 Å². The van der Waals surface area contributed by atoms with Crippen LogP contribution in [0, 0.1) is 12.8 Å². The lowest BCUT2D eigenvalue weighted by Crippen LogP contribution is -2.26. The van der Waals surface area contributed by atoms with E-state index in [1.165, 1.54) is 42.4 Å². The number of nitrogens with zero attached hydrogens (tertiary/aromatic N) is 2. The van der Waals surface area contributed by atoms with Crippen molar-refractivity contribution in [1.82, 2.24) is 9.97 Å². The summed E-state index contributed by atoms with van der Waals surface area (Å²) < 4.78 is 1.21. The number of thiophene rings is 1. The van der Waals surface area contributed by atoms with Crippen LogP contribution in [-0.4, -0.2) is 16.0 Å². The number of nitrogens with one attached hydrogen (secondary N) is 1. The second-order valence-electron chi connectivity index (χ2n) is 5.68. The smallest absolute Gasteiger partial charge is 0.147 e. The third-order valence-electron chi connectivity index (χ3n) is 4.21. The summed E-state index contributed by atoms with van der Waals surface area (Å²) in [4.78, 5) is 8.86. The van der Waals surface area contributed by atoms with Gasteiger partial charge >= 0.3 is 0 Å². The fourth-order valence-corrected chi connectivity index (χ4v) is 3.91. The van der Waals surface area contributed by atoms with E-state index in [9.17, 15) is 0 Å². The molecule has 1 N–H and O–H groups in total. The van der Waals surface area contributed by atoms with Crippen LogP contribution in [0.4, 0.5) is 5.82 Å². The highest BCUT2D eigenvalue weighted by Crippen LogP contribution is 2.31. The number of hydrogen-bond acceptors (Lipinski definition) is 4. The van der Waals surface area contributed by atoms with Gasteiger partial charge in [0.25, 0.3) is 0 Å². The summed E-state index contributed by atoms with van der Waals surface area (Å²) >= 11 is 1.75. The molecule has 1 fully saturated rings. The first-order valence-electron chi connectivity index (χ1n) is 7.21. The molecule has 4 heteroatoms. The molecule has 2 atom stereocenters. The van der Waals surface area contributed by atoms with E-state index < -0.39 is 0 Å². The summed E-state index contributed by atoms with van der Waals surface area (Å²) in [6.07, 6.45) is 8.36. The van der Waals surface area contributed by atoms with Crippen LogP contribution in [-0.2, 0) is 0 Å². The Hall–Kier alpha value is -1.16. The van der Waals surface area contributed by atoms with Gasteiger partial charge in [0.1, 0.15) is 12.1 Å². The maximum absolute atomic E-state index is 4.47. The summed E-state index contributed by atoms with van der Waals surface area (Å²) in [6, 6.07) is 0.558. The first kappa shape index (κ1) is 12.9. The summed E-state index contributed by atoms with van der Waals surface area (Å²) in [5, 5.41) is 5.85. The van der Waals surface area contributed by atoms with Gasteiger partial charge in [-0.15, -0.1) is 11.3 Å². The average molecular weight is 275 g/mol. The van der Waals surface area contributed by atoms with Gasteiger partial charge in [-0.3, -0.25) is 0 Å². The second-order valence-corrected chi connectivity index (χ2v) is 6.56. The first-order chi connectivity index (χ1) is 9.25. The van der Waals surface area contributed by atoms with Crippen LogP contribution in [0.15, 0.2) is 11.7 Å². The number of hydrogen-bond donors (Lipinski definition) is 1. The van der Waals surface area contributed by atoms with Crippen LogP contribution in [0.1, 0.15) is 44.6 Å². The molecular weight excluding hydrogens is 254 g/mol. The lowest BCUT2D eigenvalue weighted by molar-refractivity contribution is 0.456. The summed E-state index contributed by atoms with van der Waals surface area (Å²) in [7, 11) is 0. The molecular formula is C15H21N3S. The van der Waals surface area contributed by atoms with Gasteiger partial charge in [0.05, 0.1) is 10.2 Å². The third-order valence-corrected chi connectivity index (χ3v) is 5.31. The summed E-state index contributed by atoms with van der Waals surface area (Å²) in [5.41, 5.74) is 2.35. The maximum Gasteiger partial charge on any atom is 0.147 e. The Morgan fingerprint density at radius 3 is 2.95 bits per heavy atom. The Bertz CT molecular complexity index is 564. The van der Waals surface area contributed by atoms with Gasteiger partial charge in [-0.1, -0.05) is 26.2 Å². The topological polar surface area (TPSA) is 37.8 Å². The molecule has 0 bridgehead atoms. The molecule has 2 aromatic rings. The molecule has 0 saturated heterocycles. The van der Waals surface area contributed by atoms with Gasteiger partial charge in [-0.05, 0) is 36.6 Å². The second kappa shape index (κ2) is 5.45. The number of aromatic nitrogens is 2. The molecule has 1 saturated carbocycles. The Kier molecular flexibility index (Phi) is 3.69. The number of anilines is 1. The molecule has 1 aliphatic rings. The minimum Gasteiger partial charge on any atom is -0.366 e. The zero-order chi connectivity index (χ0) is 13.2. The van der Waals surface area contributed by atoms with Crippen LogP contribution < -0.4 is 5.32 Å². The van der Waals surface area contributed by atoms with Crippen LogP contribution in [0.25, 0.3) is 10.2 Å². The fourth-order valence-electron chi connectivity index (χ4n) is 2.96. The van der Waals surface area contributed by atoms with Gasteiger partial charge in [0.2, 0.25) is 0 Å². The predicted octanol–water partition coefficient (Wildman–Crippen LogP) is 4.38. The molecule has 0 amide bonds.